The summed E-state index contributed by atoms with van der Waals surface area (Å²) in [4.78, 5) is 10.4. The van der Waals surface area contributed by atoms with E-state index in [0.29, 0.717) is 15.6 Å². The van der Waals surface area contributed by atoms with Crippen molar-refractivity contribution >= 4 is 21.9 Å². The molecule has 0 aromatic heterocycles. The number of carboxylic acids is 1. The fraction of sp³-hybridized carbons (Fsp3) is 0.222. The Labute approximate surface area is 83.5 Å². The van der Waals surface area contributed by atoms with Crippen LogP contribution in [0.25, 0.3) is 0 Å². The number of aliphatic carboxylic acids is 1. The highest BCUT2D eigenvalue weighted by Gasteiger charge is 2.09. The molecule has 1 N–H and O–H groups in total. The van der Waals surface area contributed by atoms with E-state index in [9.17, 15) is 9.18 Å². The molecule has 0 bridgehead atoms. The minimum atomic E-state index is -0.954. The molecule has 2 nitrogen and oxygen atoms in total. The van der Waals surface area contributed by atoms with Crippen LogP contribution < -0.4 is 0 Å². The van der Waals surface area contributed by atoms with Gasteiger partial charge in [-0.15, -0.1) is 0 Å². The van der Waals surface area contributed by atoms with Crippen LogP contribution in [0.1, 0.15) is 11.1 Å². The van der Waals surface area contributed by atoms with Crippen LogP contribution >= 0.6 is 15.9 Å². The molecule has 0 unspecified atom stereocenters. The first-order chi connectivity index (χ1) is 6.02. The third kappa shape index (κ3) is 2.28. The quantitative estimate of drug-likeness (QED) is 0.871. The van der Waals surface area contributed by atoms with Gasteiger partial charge >= 0.3 is 5.97 Å². The predicted octanol–water partition coefficient (Wildman–Crippen LogP) is 2.52. The van der Waals surface area contributed by atoms with Crippen LogP contribution in [0.15, 0.2) is 16.6 Å². The van der Waals surface area contributed by atoms with Crippen molar-refractivity contribution < 1.29 is 14.3 Å². The molecular weight excluding hydrogens is 239 g/mol. The molecular formula is C9H8BrFO2. The average Bonchev–Trinajstić information content (AvgIpc) is 2.06. The molecule has 70 valence electrons. The highest BCUT2D eigenvalue weighted by molar-refractivity contribution is 9.10. The van der Waals surface area contributed by atoms with E-state index in [-0.39, 0.29) is 6.42 Å². The molecule has 0 amide bonds. The van der Waals surface area contributed by atoms with Gasteiger partial charge in [-0.05, 0) is 40.0 Å². The van der Waals surface area contributed by atoms with Crippen molar-refractivity contribution in [3.63, 3.8) is 0 Å². The van der Waals surface area contributed by atoms with Gasteiger partial charge in [0.2, 0.25) is 0 Å². The highest BCUT2D eigenvalue weighted by atomic mass is 79.9. The van der Waals surface area contributed by atoms with E-state index < -0.39 is 11.8 Å². The third-order valence-electron chi connectivity index (χ3n) is 1.79. The zero-order valence-electron chi connectivity index (χ0n) is 6.97. The van der Waals surface area contributed by atoms with Gasteiger partial charge in [0, 0.05) is 0 Å². The minimum Gasteiger partial charge on any atom is -0.481 e. The SMILES string of the molecule is Cc1c(CC(=O)O)ccc(Br)c1F. The molecule has 0 saturated heterocycles. The Morgan fingerprint density at radius 1 is 1.62 bits per heavy atom. The normalized spacial score (nSPS) is 10.1. The first kappa shape index (κ1) is 10.2. The molecule has 0 radical (unpaired) electrons. The van der Waals surface area contributed by atoms with Crippen LogP contribution in [0.3, 0.4) is 0 Å². The van der Waals surface area contributed by atoms with Crippen molar-refractivity contribution in [2.24, 2.45) is 0 Å². The minimum absolute atomic E-state index is 0.143. The summed E-state index contributed by atoms with van der Waals surface area (Å²) < 4.78 is 13.6. The lowest BCUT2D eigenvalue weighted by molar-refractivity contribution is -0.136. The Balaban J connectivity index is 3.10. The van der Waals surface area contributed by atoms with Crippen LogP contribution in [-0.4, -0.2) is 11.1 Å². The summed E-state index contributed by atoms with van der Waals surface area (Å²) in [5.41, 5.74) is 0.893. The Morgan fingerprint density at radius 2 is 2.23 bits per heavy atom. The van der Waals surface area contributed by atoms with Gasteiger partial charge in [0.25, 0.3) is 0 Å². The number of carboxylic acid groups (broad SMARTS) is 1. The Kier molecular flexibility index (Phi) is 3.03. The zero-order valence-corrected chi connectivity index (χ0v) is 8.56. The van der Waals surface area contributed by atoms with Gasteiger partial charge in [-0.1, -0.05) is 6.07 Å². The topological polar surface area (TPSA) is 37.3 Å². The Morgan fingerprint density at radius 3 is 2.77 bits per heavy atom. The molecule has 13 heavy (non-hydrogen) atoms. The average molecular weight is 247 g/mol. The molecule has 0 aliphatic rings. The monoisotopic (exact) mass is 246 g/mol. The smallest absolute Gasteiger partial charge is 0.307 e. The van der Waals surface area contributed by atoms with Crippen molar-refractivity contribution in [1.82, 2.24) is 0 Å². The van der Waals surface area contributed by atoms with Crippen molar-refractivity contribution in [3.05, 3.63) is 33.5 Å². The van der Waals surface area contributed by atoms with Gasteiger partial charge < -0.3 is 5.11 Å². The maximum Gasteiger partial charge on any atom is 0.307 e. The molecule has 1 aromatic carbocycles. The number of carbonyl (C=O) groups is 1. The van der Waals surface area contributed by atoms with E-state index in [4.69, 9.17) is 5.11 Å². The summed E-state index contributed by atoms with van der Waals surface area (Å²) in [6.07, 6.45) is -0.143. The summed E-state index contributed by atoms with van der Waals surface area (Å²) in [5.74, 6) is -1.34. The lowest BCUT2D eigenvalue weighted by Crippen LogP contribution is -2.03. The van der Waals surface area contributed by atoms with E-state index in [1.54, 1.807) is 13.0 Å². The molecule has 0 aliphatic heterocycles. The molecule has 0 heterocycles. The van der Waals surface area contributed by atoms with E-state index in [1.165, 1.54) is 6.07 Å². The second kappa shape index (κ2) is 3.87. The summed E-state index contributed by atoms with van der Waals surface area (Å²) in [6.45, 7) is 1.57. The molecule has 0 atom stereocenters. The van der Waals surface area contributed by atoms with E-state index in [2.05, 4.69) is 15.9 Å². The number of hydrogen-bond acceptors (Lipinski definition) is 1. The van der Waals surface area contributed by atoms with Crippen molar-refractivity contribution in [1.29, 1.82) is 0 Å². The fourth-order valence-corrected chi connectivity index (χ4v) is 1.48. The first-order valence-electron chi connectivity index (χ1n) is 3.67. The Bertz CT molecular complexity index is 350. The van der Waals surface area contributed by atoms with Crippen LogP contribution in [0.4, 0.5) is 4.39 Å². The van der Waals surface area contributed by atoms with Crippen LogP contribution in [0.5, 0.6) is 0 Å². The maximum atomic E-state index is 13.2. The summed E-state index contributed by atoms with van der Waals surface area (Å²) in [7, 11) is 0. The van der Waals surface area contributed by atoms with Gasteiger partial charge in [-0.3, -0.25) is 4.79 Å². The van der Waals surface area contributed by atoms with Gasteiger partial charge in [-0.2, -0.15) is 0 Å². The second-order valence-corrected chi connectivity index (χ2v) is 3.57. The fourth-order valence-electron chi connectivity index (χ4n) is 1.05. The molecule has 1 aromatic rings. The van der Waals surface area contributed by atoms with Gasteiger partial charge in [-0.25, -0.2) is 4.39 Å². The molecule has 1 rings (SSSR count). The van der Waals surface area contributed by atoms with Gasteiger partial charge in [0.05, 0.1) is 10.9 Å². The largest absolute Gasteiger partial charge is 0.481 e. The summed E-state index contributed by atoms with van der Waals surface area (Å²) in [5, 5.41) is 8.52. The lowest BCUT2D eigenvalue weighted by Gasteiger charge is -2.05. The van der Waals surface area contributed by atoms with Crippen molar-refractivity contribution in [3.8, 4) is 0 Å². The second-order valence-electron chi connectivity index (χ2n) is 2.72. The summed E-state index contributed by atoms with van der Waals surface area (Å²) in [6, 6.07) is 3.12. The summed E-state index contributed by atoms with van der Waals surface area (Å²) >= 11 is 3.02. The number of halogens is 2. The van der Waals surface area contributed by atoms with Crippen molar-refractivity contribution in [2.75, 3.05) is 0 Å². The lowest BCUT2D eigenvalue weighted by atomic mass is 10.1. The maximum absolute atomic E-state index is 13.2. The van der Waals surface area contributed by atoms with E-state index in [1.807, 2.05) is 0 Å². The molecule has 0 spiro atoms. The number of hydrogen-bond donors (Lipinski definition) is 1. The van der Waals surface area contributed by atoms with Crippen LogP contribution in [0.2, 0.25) is 0 Å². The van der Waals surface area contributed by atoms with Crippen LogP contribution in [-0.2, 0) is 11.2 Å². The molecule has 0 saturated carbocycles. The van der Waals surface area contributed by atoms with E-state index >= 15 is 0 Å². The predicted molar refractivity (Wildman–Crippen MR) is 50.2 cm³/mol. The van der Waals surface area contributed by atoms with Crippen LogP contribution in [0, 0.1) is 12.7 Å². The number of rotatable bonds is 2. The first-order valence-corrected chi connectivity index (χ1v) is 4.47. The van der Waals surface area contributed by atoms with Crippen molar-refractivity contribution in [2.45, 2.75) is 13.3 Å². The van der Waals surface area contributed by atoms with Gasteiger partial charge in [0.1, 0.15) is 5.82 Å². The van der Waals surface area contributed by atoms with Gasteiger partial charge in [0.15, 0.2) is 0 Å². The Hall–Kier alpha value is -0.900. The standard InChI is InChI=1S/C9H8BrFO2/c1-5-6(4-8(12)13)2-3-7(10)9(5)11/h2-3H,4H2,1H3,(H,12,13). The molecule has 0 aliphatic carbocycles. The molecule has 0 fully saturated rings. The number of benzene rings is 1. The third-order valence-corrected chi connectivity index (χ3v) is 2.41. The molecule has 4 heteroatoms. The zero-order chi connectivity index (χ0) is 10.0. The van der Waals surface area contributed by atoms with E-state index in [0.717, 1.165) is 0 Å². The highest BCUT2D eigenvalue weighted by Crippen LogP contribution is 2.21.